The van der Waals surface area contributed by atoms with Gasteiger partial charge in [-0.2, -0.15) is 0 Å². The Morgan fingerprint density at radius 1 is 0.541 bits per heavy atom. The second kappa shape index (κ2) is 43.7. The molecule has 18 N–H and O–H groups in total. The number of urea groups is 1. The van der Waals surface area contributed by atoms with E-state index < -0.39 is 194 Å². The van der Waals surface area contributed by atoms with Gasteiger partial charge in [-0.3, -0.25) is 62.3 Å². The van der Waals surface area contributed by atoms with E-state index in [-0.39, 0.29) is 58.0 Å². The van der Waals surface area contributed by atoms with Crippen LogP contribution in [0.5, 0.6) is 0 Å². The predicted molar refractivity (Wildman–Crippen MR) is 406 cm³/mol. The fourth-order valence-corrected chi connectivity index (χ4v) is 13.3. The Kier molecular flexibility index (Phi) is 34.2. The number of unbranched alkanes of at least 4 members (excludes halogenated alkanes) is 6. The number of amides is 14. The highest BCUT2D eigenvalue weighted by Gasteiger charge is 2.41. The number of nitrogens with two attached hydrogens (primary N) is 1. The average Bonchev–Trinajstić information content (AvgIpc) is 1.72. The molecule has 9 unspecified atom stereocenters. The molecule has 0 spiro atoms. The van der Waals surface area contributed by atoms with Gasteiger partial charge < -0.3 is 99.2 Å². The first-order valence-corrected chi connectivity index (χ1v) is 38.1. The number of carboxylic acids is 1. The van der Waals surface area contributed by atoms with Crippen molar-refractivity contribution in [3.8, 4) is 0 Å². The number of imidazole rings is 1. The third-order valence-corrected chi connectivity index (χ3v) is 19.3. The monoisotopic (exact) mass is 1540 g/mol. The van der Waals surface area contributed by atoms with E-state index in [4.69, 9.17) is 10.5 Å². The van der Waals surface area contributed by atoms with E-state index in [1.54, 1.807) is 88.6 Å². The summed E-state index contributed by atoms with van der Waals surface area (Å²) < 4.78 is 5.86. The molecular formula is C76H108N18O17. The maximum atomic E-state index is 14.6. The van der Waals surface area contributed by atoms with E-state index >= 15 is 0 Å². The number of nitrogens with one attached hydrogen (secondary N) is 15. The molecule has 0 saturated carbocycles. The fourth-order valence-electron chi connectivity index (χ4n) is 13.3. The molecule has 2 aromatic carbocycles. The minimum absolute atomic E-state index is 0.0510. The van der Waals surface area contributed by atoms with Crippen LogP contribution in [-0.4, -0.2) is 213 Å². The van der Waals surface area contributed by atoms with Crippen LogP contribution in [0.4, 0.5) is 4.79 Å². The highest BCUT2D eigenvalue weighted by molar-refractivity contribution is 5.99. The number of nitrogens with zero attached hydrogens (tertiary/aromatic N) is 2. The van der Waals surface area contributed by atoms with Gasteiger partial charge in [0.15, 0.2) is 0 Å². The van der Waals surface area contributed by atoms with E-state index in [0.29, 0.717) is 63.8 Å². The Morgan fingerprint density at radius 2 is 1.05 bits per heavy atom. The zero-order valence-electron chi connectivity index (χ0n) is 63.8. The number of primary amides is 1. The Balaban J connectivity index is 1.18. The van der Waals surface area contributed by atoms with Gasteiger partial charge in [0, 0.05) is 78.4 Å². The number of aromatic amines is 3. The van der Waals surface area contributed by atoms with Crippen LogP contribution in [0.3, 0.4) is 0 Å². The molecule has 2 aliphatic heterocycles. The summed E-state index contributed by atoms with van der Waals surface area (Å²) in [7, 11) is 0. The summed E-state index contributed by atoms with van der Waals surface area (Å²) >= 11 is 0. The lowest BCUT2D eigenvalue weighted by atomic mass is 10.0. The van der Waals surface area contributed by atoms with Crippen LogP contribution < -0.4 is 69.5 Å². The molecule has 2 aliphatic rings. The number of cyclic esters (lactones) is 1. The second-order valence-corrected chi connectivity index (χ2v) is 29.3. The molecule has 9 atom stereocenters. The first-order valence-electron chi connectivity index (χ1n) is 38.1. The van der Waals surface area contributed by atoms with Gasteiger partial charge in [-0.25, -0.2) is 14.6 Å². The van der Waals surface area contributed by atoms with Gasteiger partial charge in [-0.15, -0.1) is 0 Å². The SMILES string of the molecule is CC(C)CCCCCCCCCC1CC(=O)NCC(=O)NC(Cc2cnc[nH]2)C(=O)NC(C(C)C)C(=O)N2CCCC2C(=O)NCC(=O)NC(CCCNC(N)=O)C(=O)NC(Cc2c[nH]c3ccccc23)C(=O)NCC(=O)NC(Cc2c[nH]c3ccccc23)C(=O)NCC(=O)NC(C(C)C)C(=O)NC(CC(=O)O)C(=O)O1. The number of H-pyrrole nitrogens is 3. The first-order chi connectivity index (χ1) is 53.0. The van der Waals surface area contributed by atoms with Crippen LogP contribution in [0.15, 0.2) is 73.4 Å². The van der Waals surface area contributed by atoms with Crippen molar-refractivity contribution in [1.29, 1.82) is 0 Å². The normalized spacial score (nSPS) is 22.4. The van der Waals surface area contributed by atoms with Crippen LogP contribution in [0.2, 0.25) is 0 Å². The summed E-state index contributed by atoms with van der Waals surface area (Å²) in [5, 5.41) is 42.2. The highest BCUT2D eigenvalue weighted by atomic mass is 16.5. The number of hydrogen-bond donors (Lipinski definition) is 17. The zero-order chi connectivity index (χ0) is 80.7. The lowest BCUT2D eigenvalue weighted by Gasteiger charge is -2.31. The third-order valence-electron chi connectivity index (χ3n) is 19.3. The molecule has 35 nitrogen and oxygen atoms in total. The summed E-state index contributed by atoms with van der Waals surface area (Å²) in [5.41, 5.74) is 8.21. The number of carboxylic acid groups (broad SMARTS) is 1. The molecule has 5 heterocycles. The van der Waals surface area contributed by atoms with Gasteiger partial charge in [0.25, 0.3) is 0 Å². The second-order valence-electron chi connectivity index (χ2n) is 29.3. The Morgan fingerprint density at radius 3 is 1.61 bits per heavy atom. The topological polar surface area (TPSA) is 519 Å². The van der Waals surface area contributed by atoms with Gasteiger partial charge in [0.05, 0.1) is 45.3 Å². The number of carbonyl (C=O) groups is 15. The van der Waals surface area contributed by atoms with Gasteiger partial charge >= 0.3 is 18.0 Å². The van der Waals surface area contributed by atoms with Crippen molar-refractivity contribution in [2.75, 3.05) is 39.3 Å². The van der Waals surface area contributed by atoms with Gasteiger partial charge in [-0.05, 0) is 79.5 Å². The summed E-state index contributed by atoms with van der Waals surface area (Å²) in [6.07, 6.45) is 10.3. The number of esters is 1. The largest absolute Gasteiger partial charge is 0.481 e. The first kappa shape index (κ1) is 86.8. The summed E-state index contributed by atoms with van der Waals surface area (Å²) in [5.74, 6) is -13.8. The van der Waals surface area contributed by atoms with Crippen molar-refractivity contribution in [2.45, 2.75) is 212 Å². The average molecular weight is 1550 g/mol. The number of carbonyl (C=O) groups excluding carboxylic acids is 14. The number of fused-ring (bicyclic) bond motifs is 3. The molecule has 5 aromatic rings. The van der Waals surface area contributed by atoms with Crippen LogP contribution in [-0.2, 0) is 91.1 Å². The lowest BCUT2D eigenvalue weighted by Crippen LogP contribution is -2.59. The molecule has 3 aromatic heterocycles. The maximum absolute atomic E-state index is 14.6. The minimum Gasteiger partial charge on any atom is -0.481 e. The van der Waals surface area contributed by atoms with Crippen LogP contribution in [0.1, 0.15) is 155 Å². The molecule has 14 amide bonds. The van der Waals surface area contributed by atoms with Crippen molar-refractivity contribution in [3.05, 3.63) is 90.3 Å². The number of ether oxygens (including phenoxy) is 1. The maximum Gasteiger partial charge on any atom is 0.329 e. The van der Waals surface area contributed by atoms with Crippen molar-refractivity contribution < 1.29 is 81.8 Å². The molecule has 7 rings (SSSR count). The van der Waals surface area contributed by atoms with E-state index in [0.717, 1.165) is 38.5 Å². The van der Waals surface area contributed by atoms with Crippen molar-refractivity contribution in [3.63, 3.8) is 0 Å². The lowest BCUT2D eigenvalue weighted by molar-refractivity contribution is -0.157. The molecule has 35 heteroatoms. The van der Waals surface area contributed by atoms with E-state index in [9.17, 15) is 77.0 Å². The predicted octanol–water partition coefficient (Wildman–Crippen LogP) is 0.967. The van der Waals surface area contributed by atoms with Crippen LogP contribution in [0, 0.1) is 17.8 Å². The summed E-state index contributed by atoms with van der Waals surface area (Å²) in [6.45, 7) is 7.77. The number of aliphatic carboxylic acids is 1. The van der Waals surface area contributed by atoms with Gasteiger partial charge in [0.1, 0.15) is 54.4 Å². The Hall–Kier alpha value is -11.4. The van der Waals surface area contributed by atoms with Crippen LogP contribution in [0.25, 0.3) is 21.8 Å². The van der Waals surface area contributed by atoms with E-state index in [2.05, 4.69) is 97.6 Å². The number of benzene rings is 2. The van der Waals surface area contributed by atoms with Crippen molar-refractivity contribution >= 4 is 111 Å². The van der Waals surface area contributed by atoms with Crippen molar-refractivity contribution in [1.82, 2.24) is 88.6 Å². The summed E-state index contributed by atoms with van der Waals surface area (Å²) in [6, 6.07) is 1.82. The number of aromatic nitrogens is 4. The Bertz CT molecular complexity index is 4040. The molecule has 2 fully saturated rings. The quantitative estimate of drug-likeness (QED) is 0.0302. The van der Waals surface area contributed by atoms with E-state index in [1.807, 2.05) is 0 Å². The third kappa shape index (κ3) is 28.2. The molecular weight excluding hydrogens is 1440 g/mol. The molecule has 0 aliphatic carbocycles. The zero-order valence-corrected chi connectivity index (χ0v) is 63.8. The van der Waals surface area contributed by atoms with Crippen molar-refractivity contribution in [2.24, 2.45) is 23.5 Å². The smallest absolute Gasteiger partial charge is 0.329 e. The van der Waals surface area contributed by atoms with E-state index in [1.165, 1.54) is 17.4 Å². The minimum atomic E-state index is -1.87. The van der Waals surface area contributed by atoms with Gasteiger partial charge in [-0.1, -0.05) is 123 Å². The fraction of sp³-hybridized carbons (Fsp3) is 0.553. The van der Waals surface area contributed by atoms with Gasteiger partial charge in [0.2, 0.25) is 70.9 Å². The number of para-hydroxylation sites is 2. The summed E-state index contributed by atoms with van der Waals surface area (Å²) in [4.78, 5) is 223. The molecule has 0 radical (unpaired) electrons. The molecule has 0 bridgehead atoms. The van der Waals surface area contributed by atoms with Crippen LogP contribution >= 0.6 is 0 Å². The number of rotatable bonds is 24. The molecule has 111 heavy (non-hydrogen) atoms. The number of hydrogen-bond acceptors (Lipinski definition) is 17. The standard InChI is InChI=1S/C76H108N18O17/c1-43(2)20-12-10-8-7-9-11-13-21-49-33-60(95)82-38-61(96)89-57(32-48-37-78-42-86-48)71(105)93-67(45(5)6)74(108)94-29-19-27-59(94)72(106)85-40-62(97)87-54(26-18-28-79-76(77)110)70(104)90-56(31-47-36-81-53-25-17-15-23-51(47)53)69(103)83-39-63(98)88-55(30-46-35-80-52-24-16-14-22-50(46)52)68(102)84-41-64(99)92-66(44(3)4)73(107)91-58(34-65(100)101)75(109)111-49/h14-17,22-25,35-37,42-45,49,54-59,66-67,80-81H,7-13,18-21,26-34,38-41H2,1-6H3,(H,78,86)(H,82,95)(H,83,103)(H,84,102)(H,85,106)(H,87,97)(H,88,98)(H,89,96)(H,90,104)(H,91,107)(H,92,99)(H,93,105)(H,100,101)(H3,77,79,110). The highest BCUT2D eigenvalue weighted by Crippen LogP contribution is 2.24. The molecule has 604 valence electrons. The Labute approximate surface area is 643 Å². The molecule has 2 saturated heterocycles.